The van der Waals surface area contributed by atoms with Crippen molar-refractivity contribution in [3.63, 3.8) is 0 Å². The van der Waals surface area contributed by atoms with Crippen molar-refractivity contribution in [3.05, 3.63) is 69.9 Å². The van der Waals surface area contributed by atoms with Gasteiger partial charge in [0.25, 0.3) is 5.56 Å². The molecule has 0 aliphatic carbocycles. The van der Waals surface area contributed by atoms with Crippen LogP contribution in [0.4, 0.5) is 4.39 Å². The van der Waals surface area contributed by atoms with Crippen molar-refractivity contribution in [3.8, 4) is 5.69 Å². The van der Waals surface area contributed by atoms with Gasteiger partial charge in [0.1, 0.15) is 11.5 Å². The van der Waals surface area contributed by atoms with Crippen LogP contribution in [0.1, 0.15) is 0 Å². The molecule has 0 aliphatic heterocycles. The van der Waals surface area contributed by atoms with Crippen LogP contribution >= 0.6 is 11.6 Å². The molecule has 94 valence electrons. The lowest BCUT2D eigenvalue weighted by Gasteiger charge is -2.08. The van der Waals surface area contributed by atoms with Gasteiger partial charge in [-0.2, -0.15) is 9.78 Å². The standard InChI is InChI=1S/C14H8ClFN2O/c15-13-9-5-1-2-6-10(9)14(19)18(17-13)12-8-4-3-7-11(12)16/h1-8H. The Hall–Kier alpha value is -2.20. The van der Waals surface area contributed by atoms with Gasteiger partial charge in [0, 0.05) is 5.39 Å². The predicted molar refractivity (Wildman–Crippen MR) is 72.3 cm³/mol. The highest BCUT2D eigenvalue weighted by atomic mass is 35.5. The first-order valence-corrected chi connectivity index (χ1v) is 5.99. The minimum atomic E-state index is -0.525. The highest BCUT2D eigenvalue weighted by Crippen LogP contribution is 2.19. The van der Waals surface area contributed by atoms with Gasteiger partial charge in [0.05, 0.1) is 5.39 Å². The first kappa shape index (κ1) is 11.9. The Bertz CT molecular complexity index is 829. The van der Waals surface area contributed by atoms with E-state index in [4.69, 9.17) is 11.6 Å². The van der Waals surface area contributed by atoms with E-state index in [0.29, 0.717) is 10.8 Å². The highest BCUT2D eigenvalue weighted by molar-refractivity contribution is 6.34. The molecule has 0 fully saturated rings. The smallest absolute Gasteiger partial charge is 0.267 e. The summed E-state index contributed by atoms with van der Waals surface area (Å²) in [6.07, 6.45) is 0. The Morgan fingerprint density at radius 3 is 2.37 bits per heavy atom. The van der Waals surface area contributed by atoms with Gasteiger partial charge in [-0.05, 0) is 18.2 Å². The number of hydrogen-bond donors (Lipinski definition) is 0. The SMILES string of the molecule is O=c1c2ccccc2c(Cl)nn1-c1ccccc1F. The quantitative estimate of drug-likeness (QED) is 0.683. The predicted octanol–water partition coefficient (Wildman–Crippen LogP) is 3.18. The van der Waals surface area contributed by atoms with Gasteiger partial charge < -0.3 is 0 Å². The second-order valence-corrected chi connectivity index (χ2v) is 4.36. The second kappa shape index (κ2) is 4.48. The zero-order valence-electron chi connectivity index (χ0n) is 9.68. The minimum absolute atomic E-state index is 0.0835. The molecule has 3 rings (SSSR count). The van der Waals surface area contributed by atoms with Gasteiger partial charge in [-0.15, -0.1) is 0 Å². The molecule has 19 heavy (non-hydrogen) atoms. The summed E-state index contributed by atoms with van der Waals surface area (Å²) in [5, 5.41) is 5.09. The number of para-hydroxylation sites is 1. The lowest BCUT2D eigenvalue weighted by molar-refractivity contribution is 0.606. The second-order valence-electron chi connectivity index (χ2n) is 4.00. The summed E-state index contributed by atoms with van der Waals surface area (Å²) < 4.78 is 14.7. The van der Waals surface area contributed by atoms with Crippen molar-refractivity contribution >= 4 is 22.4 Å². The van der Waals surface area contributed by atoms with Crippen LogP contribution in [0.3, 0.4) is 0 Å². The lowest BCUT2D eigenvalue weighted by atomic mass is 10.2. The topological polar surface area (TPSA) is 34.9 Å². The first-order valence-electron chi connectivity index (χ1n) is 5.61. The van der Waals surface area contributed by atoms with E-state index in [9.17, 15) is 9.18 Å². The Balaban J connectivity index is 2.41. The number of halogens is 2. The van der Waals surface area contributed by atoms with E-state index in [1.165, 1.54) is 12.1 Å². The Kier molecular flexibility index (Phi) is 2.80. The summed E-state index contributed by atoms with van der Waals surface area (Å²) in [6, 6.07) is 12.8. The van der Waals surface area contributed by atoms with Crippen LogP contribution in [0.25, 0.3) is 16.5 Å². The molecule has 0 atom stereocenters. The normalized spacial score (nSPS) is 10.8. The molecular formula is C14H8ClFN2O. The molecule has 0 bridgehead atoms. The van der Waals surface area contributed by atoms with Crippen LogP contribution < -0.4 is 5.56 Å². The van der Waals surface area contributed by atoms with Crippen molar-refractivity contribution in [1.82, 2.24) is 9.78 Å². The van der Waals surface area contributed by atoms with Crippen LogP contribution in [0.2, 0.25) is 5.15 Å². The average Bonchev–Trinajstić information content (AvgIpc) is 2.44. The third kappa shape index (κ3) is 1.90. The van der Waals surface area contributed by atoms with Crippen molar-refractivity contribution in [2.45, 2.75) is 0 Å². The van der Waals surface area contributed by atoms with E-state index >= 15 is 0 Å². The monoisotopic (exact) mass is 274 g/mol. The summed E-state index contributed by atoms with van der Waals surface area (Å²) in [7, 11) is 0. The van der Waals surface area contributed by atoms with Crippen molar-refractivity contribution in [1.29, 1.82) is 0 Å². The van der Waals surface area contributed by atoms with Gasteiger partial charge in [-0.25, -0.2) is 4.39 Å². The molecule has 0 amide bonds. The molecular weight excluding hydrogens is 267 g/mol. The van der Waals surface area contributed by atoms with Crippen molar-refractivity contribution in [2.75, 3.05) is 0 Å². The fraction of sp³-hybridized carbons (Fsp3) is 0. The molecule has 0 spiro atoms. The van der Waals surface area contributed by atoms with Gasteiger partial charge in [0.2, 0.25) is 0 Å². The summed E-state index contributed by atoms with van der Waals surface area (Å²) in [5.41, 5.74) is -0.315. The Labute approximate surface area is 112 Å². The van der Waals surface area contributed by atoms with E-state index in [1.807, 2.05) is 0 Å². The first-order chi connectivity index (χ1) is 9.18. The lowest BCUT2D eigenvalue weighted by Crippen LogP contribution is -2.22. The number of rotatable bonds is 1. The molecule has 0 aliphatic rings. The van der Waals surface area contributed by atoms with Gasteiger partial charge in [-0.1, -0.05) is 41.9 Å². The molecule has 0 saturated carbocycles. The molecule has 5 heteroatoms. The van der Waals surface area contributed by atoms with Gasteiger partial charge >= 0.3 is 0 Å². The average molecular weight is 275 g/mol. The van der Waals surface area contributed by atoms with Gasteiger partial charge in [0.15, 0.2) is 5.15 Å². The summed E-state index contributed by atoms with van der Waals surface area (Å²) in [5.74, 6) is -0.525. The van der Waals surface area contributed by atoms with E-state index in [2.05, 4.69) is 5.10 Å². The van der Waals surface area contributed by atoms with E-state index < -0.39 is 11.4 Å². The molecule has 0 saturated heterocycles. The van der Waals surface area contributed by atoms with E-state index in [0.717, 1.165) is 4.68 Å². The van der Waals surface area contributed by atoms with Crippen LogP contribution in [-0.2, 0) is 0 Å². The fourth-order valence-corrected chi connectivity index (χ4v) is 2.18. The van der Waals surface area contributed by atoms with Gasteiger partial charge in [-0.3, -0.25) is 4.79 Å². The molecule has 0 N–H and O–H groups in total. The largest absolute Gasteiger partial charge is 0.279 e. The molecule has 1 heterocycles. The van der Waals surface area contributed by atoms with Crippen molar-refractivity contribution in [2.24, 2.45) is 0 Å². The molecule has 1 aromatic heterocycles. The third-order valence-corrected chi connectivity index (χ3v) is 3.12. The molecule has 2 aromatic carbocycles. The molecule has 0 radical (unpaired) electrons. The number of benzene rings is 2. The Morgan fingerprint density at radius 1 is 1.00 bits per heavy atom. The molecule has 3 aromatic rings. The third-order valence-electron chi connectivity index (χ3n) is 2.84. The number of nitrogens with zero attached hydrogens (tertiary/aromatic N) is 2. The fourth-order valence-electron chi connectivity index (χ4n) is 1.94. The zero-order valence-corrected chi connectivity index (χ0v) is 10.4. The molecule has 3 nitrogen and oxygen atoms in total. The van der Waals surface area contributed by atoms with Crippen LogP contribution in [0.5, 0.6) is 0 Å². The molecule has 0 unspecified atom stereocenters. The minimum Gasteiger partial charge on any atom is -0.267 e. The van der Waals surface area contributed by atoms with E-state index in [-0.39, 0.29) is 10.8 Å². The van der Waals surface area contributed by atoms with E-state index in [1.54, 1.807) is 36.4 Å². The van der Waals surface area contributed by atoms with Crippen LogP contribution in [0.15, 0.2) is 53.3 Å². The summed E-state index contributed by atoms with van der Waals surface area (Å²) >= 11 is 6.04. The highest BCUT2D eigenvalue weighted by Gasteiger charge is 2.12. The Morgan fingerprint density at radius 2 is 1.63 bits per heavy atom. The maximum absolute atomic E-state index is 13.7. The van der Waals surface area contributed by atoms with Crippen LogP contribution in [0, 0.1) is 5.82 Å². The summed E-state index contributed by atoms with van der Waals surface area (Å²) in [6.45, 7) is 0. The number of fused-ring (bicyclic) bond motifs is 1. The number of aromatic nitrogens is 2. The van der Waals surface area contributed by atoms with Crippen molar-refractivity contribution < 1.29 is 4.39 Å². The summed E-state index contributed by atoms with van der Waals surface area (Å²) in [4.78, 5) is 12.3. The van der Waals surface area contributed by atoms with Crippen LogP contribution in [-0.4, -0.2) is 9.78 Å². The maximum atomic E-state index is 13.7. The number of hydrogen-bond acceptors (Lipinski definition) is 2. The zero-order chi connectivity index (χ0) is 13.4. The maximum Gasteiger partial charge on any atom is 0.279 e.